The molecule has 0 aromatic heterocycles. The fourth-order valence-electron chi connectivity index (χ4n) is 3.43. The first-order chi connectivity index (χ1) is 11.1. The monoisotopic (exact) mass is 319 g/mol. The summed E-state index contributed by atoms with van der Waals surface area (Å²) in [4.78, 5) is 27.9. The molecule has 2 fully saturated rings. The van der Waals surface area contributed by atoms with E-state index in [9.17, 15) is 14.0 Å². The number of nitrogens with one attached hydrogen (secondary N) is 1. The number of piperazine rings is 1. The average Bonchev–Trinajstić information content (AvgIpc) is 2.92. The van der Waals surface area contributed by atoms with E-state index in [-0.39, 0.29) is 36.8 Å². The van der Waals surface area contributed by atoms with Crippen molar-refractivity contribution in [1.29, 1.82) is 0 Å². The molecule has 124 valence electrons. The maximum absolute atomic E-state index is 14.1. The second-order valence-corrected chi connectivity index (χ2v) is 6.42. The number of likely N-dealkylation sites (tertiary alicyclic amines) is 1. The van der Waals surface area contributed by atoms with Gasteiger partial charge in [-0.25, -0.2) is 4.39 Å². The van der Waals surface area contributed by atoms with Crippen LogP contribution < -0.4 is 5.32 Å². The number of halogens is 1. The van der Waals surface area contributed by atoms with Gasteiger partial charge in [-0.1, -0.05) is 25.1 Å². The van der Waals surface area contributed by atoms with Crippen LogP contribution in [0.5, 0.6) is 0 Å². The number of rotatable bonds is 3. The Balaban J connectivity index is 1.75. The molecule has 2 heterocycles. The highest BCUT2D eigenvalue weighted by Gasteiger charge is 2.36. The predicted octanol–water partition coefficient (Wildman–Crippen LogP) is 1.17. The van der Waals surface area contributed by atoms with Gasteiger partial charge in [0.1, 0.15) is 5.82 Å². The molecule has 3 rings (SSSR count). The van der Waals surface area contributed by atoms with Gasteiger partial charge in [-0.2, -0.15) is 0 Å². The summed E-state index contributed by atoms with van der Waals surface area (Å²) in [6.45, 7) is 4.28. The van der Waals surface area contributed by atoms with E-state index in [1.54, 1.807) is 28.0 Å². The van der Waals surface area contributed by atoms with E-state index in [0.29, 0.717) is 31.1 Å². The summed E-state index contributed by atoms with van der Waals surface area (Å²) in [6, 6.07) is 6.39. The first kappa shape index (κ1) is 15.9. The SMILES string of the molecule is CC1CC(c2ccccc2F)N(C(=O)CN2CCNCC2=O)C1. The molecule has 0 saturated carbocycles. The van der Waals surface area contributed by atoms with Crippen LogP contribution in [0.4, 0.5) is 4.39 Å². The normalized spacial score (nSPS) is 25.0. The van der Waals surface area contributed by atoms with Crippen LogP contribution in [0.2, 0.25) is 0 Å². The summed E-state index contributed by atoms with van der Waals surface area (Å²) in [5.74, 6) is -0.109. The number of carbonyl (C=O) groups excluding carboxylic acids is 2. The lowest BCUT2D eigenvalue weighted by molar-refractivity contribution is -0.141. The Kier molecular flexibility index (Phi) is 4.61. The smallest absolute Gasteiger partial charge is 0.242 e. The average molecular weight is 319 g/mol. The lowest BCUT2D eigenvalue weighted by Gasteiger charge is -2.31. The van der Waals surface area contributed by atoms with Crippen molar-refractivity contribution in [1.82, 2.24) is 15.1 Å². The number of carbonyl (C=O) groups is 2. The van der Waals surface area contributed by atoms with Gasteiger partial charge in [0, 0.05) is 25.2 Å². The Bertz CT molecular complexity index is 607. The first-order valence-electron chi connectivity index (χ1n) is 8.08. The topological polar surface area (TPSA) is 52.7 Å². The Morgan fingerprint density at radius 3 is 2.91 bits per heavy atom. The second-order valence-electron chi connectivity index (χ2n) is 6.42. The Morgan fingerprint density at radius 1 is 1.39 bits per heavy atom. The lowest BCUT2D eigenvalue weighted by atomic mass is 10.0. The fourth-order valence-corrected chi connectivity index (χ4v) is 3.43. The third-order valence-electron chi connectivity index (χ3n) is 4.61. The molecule has 0 bridgehead atoms. The maximum atomic E-state index is 14.1. The van der Waals surface area contributed by atoms with Crippen LogP contribution in [0.15, 0.2) is 24.3 Å². The molecule has 2 atom stereocenters. The van der Waals surface area contributed by atoms with E-state index in [1.807, 2.05) is 0 Å². The van der Waals surface area contributed by atoms with E-state index in [4.69, 9.17) is 0 Å². The molecule has 2 unspecified atom stereocenters. The highest BCUT2D eigenvalue weighted by Crippen LogP contribution is 2.36. The lowest BCUT2D eigenvalue weighted by Crippen LogP contribution is -2.51. The molecular weight excluding hydrogens is 297 g/mol. The first-order valence-corrected chi connectivity index (χ1v) is 8.08. The van der Waals surface area contributed by atoms with Crippen molar-refractivity contribution < 1.29 is 14.0 Å². The number of hydrogen-bond donors (Lipinski definition) is 1. The van der Waals surface area contributed by atoms with Gasteiger partial charge in [0.2, 0.25) is 11.8 Å². The summed E-state index contributed by atoms with van der Waals surface area (Å²) in [6.07, 6.45) is 0.752. The highest BCUT2D eigenvalue weighted by molar-refractivity contribution is 5.86. The van der Waals surface area contributed by atoms with Crippen LogP contribution in [-0.2, 0) is 9.59 Å². The third-order valence-corrected chi connectivity index (χ3v) is 4.61. The van der Waals surface area contributed by atoms with Gasteiger partial charge >= 0.3 is 0 Å². The van der Waals surface area contributed by atoms with E-state index >= 15 is 0 Å². The molecule has 23 heavy (non-hydrogen) atoms. The zero-order valence-electron chi connectivity index (χ0n) is 13.3. The standard InChI is InChI=1S/C17H22FN3O2/c1-12-8-15(13-4-2-3-5-14(13)18)21(10-12)17(23)11-20-7-6-19-9-16(20)22/h2-5,12,15,19H,6-11H2,1H3. The fraction of sp³-hybridized carbons (Fsp3) is 0.529. The molecule has 1 aromatic rings. The Hall–Kier alpha value is -1.95. The molecule has 2 saturated heterocycles. The Morgan fingerprint density at radius 2 is 2.17 bits per heavy atom. The molecule has 2 aliphatic heterocycles. The summed E-state index contributed by atoms with van der Waals surface area (Å²) < 4.78 is 14.1. The van der Waals surface area contributed by atoms with E-state index < -0.39 is 0 Å². The van der Waals surface area contributed by atoms with Crippen LogP contribution in [0, 0.1) is 11.7 Å². The number of hydrogen-bond acceptors (Lipinski definition) is 3. The quantitative estimate of drug-likeness (QED) is 0.910. The van der Waals surface area contributed by atoms with Crippen LogP contribution >= 0.6 is 0 Å². The third kappa shape index (κ3) is 3.37. The van der Waals surface area contributed by atoms with Crippen molar-refractivity contribution in [3.63, 3.8) is 0 Å². The number of benzene rings is 1. The van der Waals surface area contributed by atoms with Crippen molar-refractivity contribution in [3.8, 4) is 0 Å². The minimum atomic E-state index is -0.275. The van der Waals surface area contributed by atoms with Gasteiger partial charge in [-0.05, 0) is 18.4 Å². The summed E-state index contributed by atoms with van der Waals surface area (Å²) in [7, 11) is 0. The minimum absolute atomic E-state index is 0.0562. The minimum Gasteiger partial charge on any atom is -0.334 e. The van der Waals surface area contributed by atoms with E-state index in [1.165, 1.54) is 6.07 Å². The van der Waals surface area contributed by atoms with Crippen molar-refractivity contribution in [2.24, 2.45) is 5.92 Å². The highest BCUT2D eigenvalue weighted by atomic mass is 19.1. The van der Waals surface area contributed by atoms with E-state index in [2.05, 4.69) is 12.2 Å². The van der Waals surface area contributed by atoms with Gasteiger partial charge in [0.15, 0.2) is 0 Å². The molecule has 1 aromatic carbocycles. The van der Waals surface area contributed by atoms with Crippen molar-refractivity contribution in [2.45, 2.75) is 19.4 Å². The van der Waals surface area contributed by atoms with Crippen LogP contribution in [0.1, 0.15) is 24.9 Å². The van der Waals surface area contributed by atoms with Crippen LogP contribution in [0.3, 0.4) is 0 Å². The summed E-state index contributed by atoms with van der Waals surface area (Å²) in [5.41, 5.74) is 0.567. The number of amides is 2. The van der Waals surface area contributed by atoms with Gasteiger partial charge in [-0.3, -0.25) is 9.59 Å². The molecule has 0 spiro atoms. The predicted molar refractivity (Wildman–Crippen MR) is 84.1 cm³/mol. The molecule has 0 radical (unpaired) electrons. The molecule has 5 nitrogen and oxygen atoms in total. The van der Waals surface area contributed by atoms with E-state index in [0.717, 1.165) is 6.42 Å². The van der Waals surface area contributed by atoms with Crippen molar-refractivity contribution in [3.05, 3.63) is 35.6 Å². The zero-order chi connectivity index (χ0) is 16.4. The van der Waals surface area contributed by atoms with Crippen molar-refractivity contribution in [2.75, 3.05) is 32.7 Å². The van der Waals surface area contributed by atoms with Gasteiger partial charge in [-0.15, -0.1) is 0 Å². The van der Waals surface area contributed by atoms with Crippen molar-refractivity contribution >= 4 is 11.8 Å². The van der Waals surface area contributed by atoms with Crippen LogP contribution in [0.25, 0.3) is 0 Å². The molecule has 2 aliphatic rings. The number of nitrogens with zero attached hydrogens (tertiary/aromatic N) is 2. The maximum Gasteiger partial charge on any atom is 0.242 e. The summed E-state index contributed by atoms with van der Waals surface area (Å²) in [5, 5.41) is 2.99. The molecule has 0 aliphatic carbocycles. The second kappa shape index (κ2) is 6.66. The van der Waals surface area contributed by atoms with Gasteiger partial charge < -0.3 is 15.1 Å². The molecule has 2 amide bonds. The molecule has 6 heteroatoms. The Labute approximate surface area is 135 Å². The summed E-state index contributed by atoms with van der Waals surface area (Å²) >= 11 is 0. The zero-order valence-corrected chi connectivity index (χ0v) is 13.3. The van der Waals surface area contributed by atoms with Crippen LogP contribution in [-0.4, -0.2) is 54.3 Å². The molecular formula is C17H22FN3O2. The molecule has 1 N–H and O–H groups in total. The largest absolute Gasteiger partial charge is 0.334 e. The van der Waals surface area contributed by atoms with Gasteiger partial charge in [0.05, 0.1) is 19.1 Å². The van der Waals surface area contributed by atoms with Gasteiger partial charge in [0.25, 0.3) is 0 Å².